The van der Waals surface area contributed by atoms with E-state index in [2.05, 4.69) is 20.8 Å². The normalized spacial score (nSPS) is 14.7. The van der Waals surface area contributed by atoms with E-state index >= 15 is 0 Å². The van der Waals surface area contributed by atoms with Crippen LogP contribution in [0.25, 0.3) is 11.6 Å². The van der Waals surface area contributed by atoms with Crippen molar-refractivity contribution in [3.63, 3.8) is 0 Å². The van der Waals surface area contributed by atoms with E-state index in [0.717, 1.165) is 16.0 Å². The van der Waals surface area contributed by atoms with Gasteiger partial charge in [-0.3, -0.25) is 0 Å². The molecule has 0 spiro atoms. The lowest BCUT2D eigenvalue weighted by Gasteiger charge is -2.08. The molecule has 0 N–H and O–H groups in total. The summed E-state index contributed by atoms with van der Waals surface area (Å²) in [6, 6.07) is 3.39. The van der Waals surface area contributed by atoms with Crippen molar-refractivity contribution in [2.24, 2.45) is 5.92 Å². The van der Waals surface area contributed by atoms with Crippen molar-refractivity contribution in [1.29, 1.82) is 0 Å². The molecule has 1 aromatic rings. The van der Waals surface area contributed by atoms with E-state index in [1.165, 1.54) is 5.57 Å². The van der Waals surface area contributed by atoms with Crippen molar-refractivity contribution in [2.45, 2.75) is 34.6 Å². The Balaban J connectivity index is 3.81. The molecule has 0 heterocycles. The number of hydrogen-bond acceptors (Lipinski definition) is 0. The van der Waals surface area contributed by atoms with Crippen molar-refractivity contribution in [1.82, 2.24) is 0 Å². The molecule has 15 heavy (non-hydrogen) atoms. The Bertz CT molecular complexity index is 467. The molecular formula is C14H19F. The Kier molecular flexibility index (Phi) is 3.67. The zero-order valence-corrected chi connectivity index (χ0v) is 10.2. The topological polar surface area (TPSA) is 0 Å². The van der Waals surface area contributed by atoms with Crippen molar-refractivity contribution < 1.29 is 4.39 Å². The maximum Gasteiger partial charge on any atom is 0.126 e. The summed E-state index contributed by atoms with van der Waals surface area (Å²) in [6.45, 7) is 10.2. The molecule has 0 aromatic heterocycles. The monoisotopic (exact) mass is 206 g/mol. The summed E-state index contributed by atoms with van der Waals surface area (Å²) in [5.74, 6) is 0.333. The highest BCUT2D eigenvalue weighted by atomic mass is 19.1. The van der Waals surface area contributed by atoms with Gasteiger partial charge in [-0.25, -0.2) is 4.39 Å². The van der Waals surface area contributed by atoms with Gasteiger partial charge in [-0.2, -0.15) is 0 Å². The molecule has 0 saturated heterocycles. The van der Waals surface area contributed by atoms with Crippen LogP contribution in [0.3, 0.4) is 0 Å². The van der Waals surface area contributed by atoms with Crippen LogP contribution in [0.5, 0.6) is 0 Å². The predicted octanol–water partition coefficient (Wildman–Crippen LogP) is 2.76. The number of halogens is 1. The minimum atomic E-state index is -0.115. The van der Waals surface area contributed by atoms with Gasteiger partial charge in [0.15, 0.2) is 0 Å². The first-order valence-corrected chi connectivity index (χ1v) is 5.41. The lowest BCUT2D eigenvalue weighted by Crippen LogP contribution is -2.31. The molecule has 0 aliphatic rings. The highest BCUT2D eigenvalue weighted by Crippen LogP contribution is 2.08. The van der Waals surface area contributed by atoms with E-state index in [-0.39, 0.29) is 5.82 Å². The molecule has 1 aromatic carbocycles. The van der Waals surface area contributed by atoms with Gasteiger partial charge in [-0.1, -0.05) is 31.6 Å². The summed E-state index contributed by atoms with van der Waals surface area (Å²) in [6.07, 6.45) is 2.04. The molecule has 1 rings (SSSR count). The molecule has 0 atom stereocenters. The van der Waals surface area contributed by atoms with Gasteiger partial charge in [0.25, 0.3) is 0 Å². The van der Waals surface area contributed by atoms with E-state index in [1.54, 1.807) is 6.07 Å². The summed E-state index contributed by atoms with van der Waals surface area (Å²) in [5.41, 5.74) is 2.01. The van der Waals surface area contributed by atoms with Gasteiger partial charge < -0.3 is 0 Å². The molecule has 0 aliphatic carbocycles. The maximum atomic E-state index is 13.5. The van der Waals surface area contributed by atoms with Gasteiger partial charge in [0.05, 0.1) is 0 Å². The first-order chi connectivity index (χ1) is 6.99. The predicted molar refractivity (Wildman–Crippen MR) is 64.4 cm³/mol. The average Bonchev–Trinajstić information content (AvgIpc) is 2.20. The van der Waals surface area contributed by atoms with Gasteiger partial charge in [0.1, 0.15) is 5.82 Å². The van der Waals surface area contributed by atoms with E-state index in [4.69, 9.17) is 0 Å². The third-order valence-electron chi connectivity index (χ3n) is 3.00. The molecule has 0 radical (unpaired) electrons. The summed E-state index contributed by atoms with van der Waals surface area (Å²) in [5, 5.41) is 2.20. The second-order valence-electron chi connectivity index (χ2n) is 4.26. The van der Waals surface area contributed by atoms with Crippen LogP contribution in [0.1, 0.15) is 33.3 Å². The van der Waals surface area contributed by atoms with Crippen LogP contribution in [0.2, 0.25) is 0 Å². The number of rotatable bonds is 1. The lowest BCUT2D eigenvalue weighted by atomic mass is 9.98. The van der Waals surface area contributed by atoms with Gasteiger partial charge in [0, 0.05) is 0 Å². The van der Waals surface area contributed by atoms with E-state index in [1.807, 2.05) is 26.0 Å². The maximum absolute atomic E-state index is 13.5. The minimum absolute atomic E-state index is 0.115. The second-order valence-corrected chi connectivity index (χ2v) is 4.26. The molecule has 0 saturated carbocycles. The van der Waals surface area contributed by atoms with Crippen LogP contribution in [0.4, 0.5) is 4.39 Å². The largest absolute Gasteiger partial charge is 0.207 e. The Morgan fingerprint density at radius 1 is 1.33 bits per heavy atom. The first-order valence-electron chi connectivity index (χ1n) is 5.41. The minimum Gasteiger partial charge on any atom is -0.207 e. The molecule has 1 heteroatoms. The fourth-order valence-corrected chi connectivity index (χ4v) is 1.76. The Hall–Kier alpha value is -1.11. The molecule has 0 nitrogen and oxygen atoms in total. The fourth-order valence-electron chi connectivity index (χ4n) is 1.76. The third-order valence-corrected chi connectivity index (χ3v) is 3.00. The van der Waals surface area contributed by atoms with Gasteiger partial charge >= 0.3 is 0 Å². The Morgan fingerprint density at radius 3 is 2.40 bits per heavy atom. The van der Waals surface area contributed by atoms with E-state index < -0.39 is 0 Å². The van der Waals surface area contributed by atoms with Crippen molar-refractivity contribution in [3.05, 3.63) is 34.0 Å². The Morgan fingerprint density at radius 2 is 1.93 bits per heavy atom. The first kappa shape index (κ1) is 12.0. The van der Waals surface area contributed by atoms with Crippen LogP contribution in [-0.2, 0) is 0 Å². The highest BCUT2D eigenvalue weighted by molar-refractivity contribution is 5.48. The second kappa shape index (κ2) is 4.61. The van der Waals surface area contributed by atoms with Gasteiger partial charge in [-0.15, -0.1) is 0 Å². The highest BCUT2D eigenvalue weighted by Gasteiger charge is 2.04. The van der Waals surface area contributed by atoms with Gasteiger partial charge in [-0.05, 0) is 48.8 Å². The van der Waals surface area contributed by atoms with Crippen LogP contribution >= 0.6 is 0 Å². The lowest BCUT2D eigenvalue weighted by molar-refractivity contribution is 0.615. The van der Waals surface area contributed by atoms with Gasteiger partial charge in [0.2, 0.25) is 0 Å². The zero-order valence-electron chi connectivity index (χ0n) is 10.2. The van der Waals surface area contributed by atoms with Crippen LogP contribution in [0, 0.1) is 18.7 Å². The smallest absolute Gasteiger partial charge is 0.126 e. The van der Waals surface area contributed by atoms with E-state index in [9.17, 15) is 4.39 Å². The quantitative estimate of drug-likeness (QED) is 0.663. The van der Waals surface area contributed by atoms with Crippen molar-refractivity contribution in [2.75, 3.05) is 0 Å². The summed E-state index contributed by atoms with van der Waals surface area (Å²) >= 11 is 0. The summed E-state index contributed by atoms with van der Waals surface area (Å²) < 4.78 is 13.5. The van der Waals surface area contributed by atoms with Crippen LogP contribution < -0.4 is 10.4 Å². The molecular weight excluding hydrogens is 187 g/mol. The molecule has 0 aliphatic heterocycles. The standard InChI is InChI=1S/C14H19F/c1-6-12-7-8-13(15)11(5)14(12)10(4)9(2)3/h6-9H,1-5H3/b12-6-,14-10+. The van der Waals surface area contributed by atoms with Crippen LogP contribution in [0.15, 0.2) is 12.1 Å². The summed E-state index contributed by atoms with van der Waals surface area (Å²) in [7, 11) is 0. The SMILES string of the molecule is C/C=c1/ccc(F)c(C)/c1=C(/C)C(C)C. The number of hydrogen-bond donors (Lipinski definition) is 0. The third kappa shape index (κ3) is 2.28. The molecule has 82 valence electrons. The van der Waals surface area contributed by atoms with E-state index in [0.29, 0.717) is 5.92 Å². The van der Waals surface area contributed by atoms with Crippen LogP contribution in [-0.4, -0.2) is 0 Å². The fraction of sp³-hybridized carbons (Fsp3) is 0.429. The molecule has 0 unspecified atom stereocenters. The number of benzene rings is 1. The molecule has 0 bridgehead atoms. The average molecular weight is 206 g/mol. The Labute approximate surface area is 91.1 Å². The van der Waals surface area contributed by atoms with Crippen molar-refractivity contribution >= 4 is 11.6 Å². The zero-order chi connectivity index (χ0) is 11.6. The molecule has 0 amide bonds. The van der Waals surface area contributed by atoms with Crippen molar-refractivity contribution in [3.8, 4) is 0 Å². The summed E-state index contributed by atoms with van der Waals surface area (Å²) in [4.78, 5) is 0. The molecule has 0 fully saturated rings.